The predicted octanol–water partition coefficient (Wildman–Crippen LogP) is 9.69. The highest BCUT2D eigenvalue weighted by Gasteiger charge is 2.16. The second-order valence-electron chi connectivity index (χ2n) is 11.2. The Morgan fingerprint density at radius 1 is 0.522 bits per heavy atom. The lowest BCUT2D eigenvalue weighted by atomic mass is 10.1. The Bertz CT molecular complexity index is 1880. The lowest BCUT2D eigenvalue weighted by molar-refractivity contribution is 0.609. The van der Waals surface area contributed by atoms with Crippen LogP contribution in [-0.4, -0.2) is 23.1 Å². The molecule has 5 aromatic carbocycles. The van der Waals surface area contributed by atoms with Crippen LogP contribution < -0.4 is 9.80 Å². The smallest absolute Gasteiger partial charge is 0.227 e. The Morgan fingerprint density at radius 2 is 0.935 bits per heavy atom. The minimum atomic E-state index is 0.558. The normalized spacial score (nSPS) is 11.1. The maximum Gasteiger partial charge on any atom is 0.227 e. The first kappa shape index (κ1) is 28.9. The number of oxazole rings is 2. The van der Waals surface area contributed by atoms with Crippen LogP contribution in [0.25, 0.3) is 45.1 Å². The minimum absolute atomic E-state index is 0.558. The van der Waals surface area contributed by atoms with E-state index in [1.807, 2.05) is 60.7 Å². The van der Waals surface area contributed by atoms with Gasteiger partial charge in [-0.1, -0.05) is 72.8 Å². The molecule has 0 spiro atoms. The third kappa shape index (κ3) is 6.19. The fourth-order valence-corrected chi connectivity index (χ4v) is 5.67. The van der Waals surface area contributed by atoms with Gasteiger partial charge in [0.05, 0.1) is 0 Å². The van der Waals surface area contributed by atoms with Gasteiger partial charge in [0.25, 0.3) is 0 Å². The number of rotatable bonds is 12. The summed E-state index contributed by atoms with van der Waals surface area (Å²) in [7, 11) is 0. The highest BCUT2D eigenvalue weighted by atomic mass is 16.4. The van der Waals surface area contributed by atoms with Crippen LogP contribution in [0.4, 0.5) is 11.4 Å². The summed E-state index contributed by atoms with van der Waals surface area (Å²) in [6.07, 6.45) is 3.85. The molecule has 6 nitrogen and oxygen atoms in total. The van der Waals surface area contributed by atoms with E-state index in [-0.39, 0.29) is 0 Å². The van der Waals surface area contributed by atoms with Gasteiger partial charge in [0, 0.05) is 54.7 Å². The molecule has 0 N–H and O–H groups in total. The fourth-order valence-electron chi connectivity index (χ4n) is 5.67. The van der Waals surface area contributed by atoms with Crippen LogP contribution in [-0.2, 0) is 13.1 Å². The van der Waals surface area contributed by atoms with E-state index in [0.29, 0.717) is 22.9 Å². The molecule has 0 radical (unpaired) electrons. The average Bonchev–Trinajstić information content (AvgIpc) is 3.71. The van der Waals surface area contributed by atoms with Crippen LogP contribution >= 0.6 is 0 Å². The van der Waals surface area contributed by atoms with Gasteiger partial charge >= 0.3 is 0 Å². The standard InChI is InChI=1S/C40H34N4O2/c1-3-23-43(27-29-11-7-5-8-12-29)33-19-15-31(16-20-33)39-41-35-25-36-38(26-37(35)45-39)46-40(42-36)32-17-21-34(22-18-32)44(24-4-2)28-30-13-9-6-10-14-30/h3-22,25-26H,1-2,23-24,27-28H2. The summed E-state index contributed by atoms with van der Waals surface area (Å²) in [4.78, 5) is 14.1. The fraction of sp³-hybridized carbons (Fsp3) is 0.100. The molecular formula is C40H34N4O2. The third-order valence-electron chi connectivity index (χ3n) is 7.99. The number of hydrogen-bond acceptors (Lipinski definition) is 6. The van der Waals surface area contributed by atoms with E-state index >= 15 is 0 Å². The number of aromatic nitrogens is 2. The quantitative estimate of drug-likeness (QED) is 0.130. The van der Waals surface area contributed by atoms with Gasteiger partial charge in [-0.25, -0.2) is 9.97 Å². The van der Waals surface area contributed by atoms with Gasteiger partial charge < -0.3 is 18.6 Å². The van der Waals surface area contributed by atoms with Crippen molar-refractivity contribution in [1.29, 1.82) is 0 Å². The molecule has 7 rings (SSSR count). The number of anilines is 2. The zero-order valence-electron chi connectivity index (χ0n) is 25.5. The molecule has 0 atom stereocenters. The molecule has 2 heterocycles. The van der Waals surface area contributed by atoms with Crippen LogP contribution in [0.5, 0.6) is 0 Å². The van der Waals surface area contributed by atoms with Crippen molar-refractivity contribution in [2.75, 3.05) is 22.9 Å². The minimum Gasteiger partial charge on any atom is -0.436 e. The van der Waals surface area contributed by atoms with Crippen LogP contribution in [0.3, 0.4) is 0 Å². The third-order valence-corrected chi connectivity index (χ3v) is 7.99. The zero-order valence-corrected chi connectivity index (χ0v) is 25.5. The van der Waals surface area contributed by atoms with E-state index in [4.69, 9.17) is 18.8 Å². The highest BCUT2D eigenvalue weighted by molar-refractivity contribution is 5.91. The summed E-state index contributed by atoms with van der Waals surface area (Å²) >= 11 is 0. The molecule has 226 valence electrons. The van der Waals surface area contributed by atoms with E-state index in [0.717, 1.165) is 59.7 Å². The molecule has 0 saturated carbocycles. The summed E-state index contributed by atoms with van der Waals surface area (Å²) in [6.45, 7) is 11.0. The Hall–Kier alpha value is -5.88. The molecule has 6 heteroatoms. The van der Waals surface area contributed by atoms with Gasteiger partial charge in [0.15, 0.2) is 11.2 Å². The van der Waals surface area contributed by atoms with Crippen LogP contribution in [0, 0.1) is 0 Å². The molecule has 0 fully saturated rings. The molecule has 0 aliphatic carbocycles. The maximum atomic E-state index is 6.19. The van der Waals surface area contributed by atoms with Crippen molar-refractivity contribution in [2.24, 2.45) is 0 Å². The molecule has 0 amide bonds. The zero-order chi connectivity index (χ0) is 31.3. The highest BCUT2D eigenvalue weighted by Crippen LogP contribution is 2.32. The van der Waals surface area contributed by atoms with Gasteiger partial charge in [-0.2, -0.15) is 0 Å². The van der Waals surface area contributed by atoms with Crippen molar-refractivity contribution in [1.82, 2.24) is 9.97 Å². The molecule has 46 heavy (non-hydrogen) atoms. The van der Waals surface area contributed by atoms with Crippen molar-refractivity contribution in [3.8, 4) is 22.9 Å². The largest absolute Gasteiger partial charge is 0.436 e. The summed E-state index contributed by atoms with van der Waals surface area (Å²) in [5.74, 6) is 1.12. The molecule has 0 saturated heterocycles. The van der Waals surface area contributed by atoms with E-state index in [1.54, 1.807) is 0 Å². The van der Waals surface area contributed by atoms with Crippen molar-refractivity contribution in [3.63, 3.8) is 0 Å². The average molecular weight is 603 g/mol. The topological polar surface area (TPSA) is 58.5 Å². The molecule has 7 aromatic rings. The summed E-state index contributed by atoms with van der Waals surface area (Å²) in [5.41, 5.74) is 9.30. The summed E-state index contributed by atoms with van der Waals surface area (Å²) in [6, 6.07) is 41.2. The lowest BCUT2D eigenvalue weighted by Crippen LogP contribution is -2.22. The molecular weight excluding hydrogens is 568 g/mol. The van der Waals surface area contributed by atoms with Gasteiger partial charge in [-0.05, 0) is 65.7 Å². The Balaban J connectivity index is 1.09. The van der Waals surface area contributed by atoms with Gasteiger partial charge in [0.2, 0.25) is 11.8 Å². The van der Waals surface area contributed by atoms with Crippen molar-refractivity contribution < 1.29 is 8.83 Å². The maximum absolute atomic E-state index is 6.19. The van der Waals surface area contributed by atoms with E-state index in [2.05, 4.69) is 95.8 Å². The first-order valence-electron chi connectivity index (χ1n) is 15.4. The van der Waals surface area contributed by atoms with Crippen molar-refractivity contribution >= 4 is 33.6 Å². The Labute approximate surface area is 268 Å². The van der Waals surface area contributed by atoms with E-state index < -0.39 is 0 Å². The van der Waals surface area contributed by atoms with Crippen LogP contribution in [0.15, 0.2) is 155 Å². The molecule has 0 aliphatic heterocycles. The number of nitrogens with zero attached hydrogens (tertiary/aromatic N) is 4. The first-order chi connectivity index (χ1) is 22.7. The van der Waals surface area contributed by atoms with Gasteiger partial charge in [-0.3, -0.25) is 0 Å². The number of benzene rings is 5. The summed E-state index contributed by atoms with van der Waals surface area (Å²) < 4.78 is 12.4. The predicted molar refractivity (Wildman–Crippen MR) is 188 cm³/mol. The molecule has 0 unspecified atom stereocenters. The van der Waals surface area contributed by atoms with Gasteiger partial charge in [-0.15, -0.1) is 13.2 Å². The molecule has 0 aliphatic rings. The van der Waals surface area contributed by atoms with Crippen LogP contribution in [0.1, 0.15) is 11.1 Å². The number of hydrogen-bond donors (Lipinski definition) is 0. The Morgan fingerprint density at radius 3 is 1.33 bits per heavy atom. The summed E-state index contributed by atoms with van der Waals surface area (Å²) in [5, 5.41) is 0. The monoisotopic (exact) mass is 602 g/mol. The van der Waals surface area contributed by atoms with Crippen molar-refractivity contribution in [3.05, 3.63) is 158 Å². The molecule has 2 aromatic heterocycles. The second-order valence-corrected chi connectivity index (χ2v) is 11.2. The number of fused-ring (bicyclic) bond motifs is 2. The second kappa shape index (κ2) is 13.0. The van der Waals surface area contributed by atoms with E-state index in [1.165, 1.54) is 11.1 Å². The SMILES string of the molecule is C=CCN(Cc1ccccc1)c1ccc(-c2nc3cc4nc(-c5ccc(N(CC=C)Cc6ccccc6)cc5)oc4cc3o2)cc1. The lowest BCUT2D eigenvalue weighted by Gasteiger charge is -2.23. The van der Waals surface area contributed by atoms with E-state index in [9.17, 15) is 0 Å². The first-order valence-corrected chi connectivity index (χ1v) is 15.4. The molecule has 0 bridgehead atoms. The van der Waals surface area contributed by atoms with Gasteiger partial charge in [0.1, 0.15) is 11.0 Å². The van der Waals surface area contributed by atoms with Crippen molar-refractivity contribution in [2.45, 2.75) is 13.1 Å². The Kier molecular flexibility index (Phi) is 8.16. The van der Waals surface area contributed by atoms with Crippen LogP contribution in [0.2, 0.25) is 0 Å².